The molecule has 166 valence electrons. The van der Waals surface area contributed by atoms with Crippen LogP contribution in [0.1, 0.15) is 59.5 Å². The first-order valence-corrected chi connectivity index (χ1v) is 10.4. The van der Waals surface area contributed by atoms with Crippen molar-refractivity contribution in [2.75, 3.05) is 27.4 Å². The summed E-state index contributed by atoms with van der Waals surface area (Å²) in [6.45, 7) is 6.57. The first-order chi connectivity index (χ1) is 14.8. The maximum absolute atomic E-state index is 12.6. The van der Waals surface area contributed by atoms with Gasteiger partial charge in [-0.15, -0.1) is 0 Å². The van der Waals surface area contributed by atoms with Crippen LogP contribution in [0, 0.1) is 5.92 Å². The predicted octanol–water partition coefficient (Wildman–Crippen LogP) is 3.67. The van der Waals surface area contributed by atoms with E-state index in [1.807, 2.05) is 10.6 Å². The lowest BCUT2D eigenvalue weighted by Crippen LogP contribution is -2.28. The van der Waals surface area contributed by atoms with Gasteiger partial charge in [0.15, 0.2) is 11.2 Å². The van der Waals surface area contributed by atoms with Crippen LogP contribution >= 0.6 is 0 Å². The van der Waals surface area contributed by atoms with Crippen molar-refractivity contribution in [1.29, 1.82) is 0 Å². The molecule has 2 heterocycles. The molecule has 7 nitrogen and oxygen atoms in total. The summed E-state index contributed by atoms with van der Waals surface area (Å²) in [6, 6.07) is 5.15. The van der Waals surface area contributed by atoms with Crippen LogP contribution in [0.3, 0.4) is 0 Å². The second-order valence-corrected chi connectivity index (χ2v) is 8.11. The Balaban J connectivity index is 2.17. The number of Topliss-reactive ketones (excluding diaryl/α,β-unsaturated/α-hetero) is 1. The van der Waals surface area contributed by atoms with Crippen molar-refractivity contribution in [1.82, 2.24) is 4.57 Å². The zero-order valence-corrected chi connectivity index (χ0v) is 18.7. The fraction of sp³-hybridized carbons (Fsp3) is 0.458. The number of esters is 1. The van der Waals surface area contributed by atoms with Gasteiger partial charge in [0.1, 0.15) is 11.3 Å². The zero-order chi connectivity index (χ0) is 22.7. The number of aromatic nitrogens is 1. The summed E-state index contributed by atoms with van der Waals surface area (Å²) in [5.74, 6) is -0.0469. The van der Waals surface area contributed by atoms with Crippen molar-refractivity contribution in [3.8, 4) is 17.0 Å². The van der Waals surface area contributed by atoms with E-state index >= 15 is 0 Å². The van der Waals surface area contributed by atoms with Crippen LogP contribution in [-0.2, 0) is 15.9 Å². The molecule has 1 aliphatic rings. The molecule has 3 rings (SSSR count). The molecule has 31 heavy (non-hydrogen) atoms. The topological polar surface area (TPSA) is 83.8 Å². The summed E-state index contributed by atoms with van der Waals surface area (Å²) >= 11 is 0. The van der Waals surface area contributed by atoms with E-state index in [1.54, 1.807) is 19.4 Å². The van der Waals surface area contributed by atoms with Crippen LogP contribution in [-0.4, -0.2) is 43.8 Å². The number of ketones is 1. The minimum Gasteiger partial charge on any atom is -0.493 e. The van der Waals surface area contributed by atoms with Crippen molar-refractivity contribution >= 4 is 11.8 Å². The quantitative estimate of drug-likeness (QED) is 0.363. The second kappa shape index (κ2) is 9.47. The molecule has 0 amide bonds. The number of rotatable bonds is 8. The number of pyridine rings is 1. The van der Waals surface area contributed by atoms with Gasteiger partial charge in [0.25, 0.3) is 0 Å². The fourth-order valence-electron chi connectivity index (χ4n) is 3.99. The number of hydrogen-bond acceptors (Lipinski definition) is 6. The SMILES string of the molecule is COCCCOc1cc2c(cc1C(=O)OC)-c1cc(=O)c(C(C)=O)cn1[C@H](C(C)C)C2. The first-order valence-electron chi connectivity index (χ1n) is 10.4. The Labute approximate surface area is 181 Å². The molecule has 0 N–H and O–H groups in total. The third kappa shape index (κ3) is 4.56. The van der Waals surface area contributed by atoms with Crippen molar-refractivity contribution in [2.45, 2.75) is 39.7 Å². The van der Waals surface area contributed by atoms with E-state index < -0.39 is 5.97 Å². The Morgan fingerprint density at radius 1 is 1.13 bits per heavy atom. The molecule has 1 aliphatic heterocycles. The van der Waals surface area contributed by atoms with Gasteiger partial charge in [0.05, 0.1) is 25.0 Å². The van der Waals surface area contributed by atoms with E-state index in [0.29, 0.717) is 43.1 Å². The summed E-state index contributed by atoms with van der Waals surface area (Å²) in [5.41, 5.74) is 2.59. The molecular formula is C24H29NO6. The zero-order valence-electron chi connectivity index (χ0n) is 18.7. The second-order valence-electron chi connectivity index (χ2n) is 8.11. The van der Waals surface area contributed by atoms with Crippen LogP contribution in [0.15, 0.2) is 29.2 Å². The van der Waals surface area contributed by atoms with Gasteiger partial charge in [-0.05, 0) is 37.0 Å². The van der Waals surface area contributed by atoms with Gasteiger partial charge in [-0.25, -0.2) is 4.79 Å². The largest absolute Gasteiger partial charge is 0.493 e. The predicted molar refractivity (Wildman–Crippen MR) is 117 cm³/mol. The maximum Gasteiger partial charge on any atom is 0.341 e. The molecular weight excluding hydrogens is 398 g/mol. The third-order valence-electron chi connectivity index (χ3n) is 5.65. The Morgan fingerprint density at radius 3 is 2.48 bits per heavy atom. The highest BCUT2D eigenvalue weighted by atomic mass is 16.5. The number of hydrogen-bond donors (Lipinski definition) is 0. The van der Waals surface area contributed by atoms with Gasteiger partial charge in [-0.3, -0.25) is 9.59 Å². The lowest BCUT2D eigenvalue weighted by atomic mass is 9.86. The molecule has 0 saturated heterocycles. The van der Waals surface area contributed by atoms with Gasteiger partial charge < -0.3 is 18.8 Å². The first kappa shape index (κ1) is 22.7. The molecule has 7 heteroatoms. The molecule has 0 radical (unpaired) electrons. The monoisotopic (exact) mass is 427 g/mol. The number of methoxy groups -OCH3 is 2. The molecule has 0 fully saturated rings. The summed E-state index contributed by atoms with van der Waals surface area (Å²) < 4.78 is 17.9. The minimum atomic E-state index is -0.509. The van der Waals surface area contributed by atoms with Crippen LogP contribution < -0.4 is 10.2 Å². The Bertz CT molecular complexity index is 1050. The minimum absolute atomic E-state index is 0.0616. The highest BCUT2D eigenvalue weighted by Crippen LogP contribution is 2.40. The Morgan fingerprint density at radius 2 is 1.87 bits per heavy atom. The van der Waals surface area contributed by atoms with E-state index in [-0.39, 0.29) is 28.7 Å². The highest BCUT2D eigenvalue weighted by Gasteiger charge is 2.29. The van der Waals surface area contributed by atoms with E-state index in [1.165, 1.54) is 20.1 Å². The van der Waals surface area contributed by atoms with Gasteiger partial charge >= 0.3 is 5.97 Å². The summed E-state index contributed by atoms with van der Waals surface area (Å²) in [7, 11) is 2.95. The standard InChI is InChI=1S/C24H29NO6/c1-14(2)20-9-16-10-23(31-8-6-7-29-4)18(24(28)30-5)11-17(16)21-12-22(27)19(15(3)26)13-25(20)21/h10-14,20H,6-9H2,1-5H3/t20-/m0/s1. The van der Waals surface area contributed by atoms with Gasteiger partial charge in [0.2, 0.25) is 0 Å². The third-order valence-corrected chi connectivity index (χ3v) is 5.65. The number of benzene rings is 1. The molecule has 1 aromatic heterocycles. The van der Waals surface area contributed by atoms with Crippen LogP contribution in [0.2, 0.25) is 0 Å². The fourth-order valence-corrected chi connectivity index (χ4v) is 3.99. The summed E-state index contributed by atoms with van der Waals surface area (Å²) in [6.07, 6.45) is 3.03. The van der Waals surface area contributed by atoms with Crippen LogP contribution in [0.4, 0.5) is 0 Å². The van der Waals surface area contributed by atoms with Crippen LogP contribution in [0.25, 0.3) is 11.3 Å². The lowest BCUT2D eigenvalue weighted by Gasteiger charge is -2.34. The Hall–Kier alpha value is -2.93. The molecule has 1 aromatic carbocycles. The van der Waals surface area contributed by atoms with E-state index in [9.17, 15) is 14.4 Å². The number of nitrogens with zero attached hydrogens (tertiary/aromatic N) is 1. The number of carbonyl (C=O) groups is 2. The lowest BCUT2D eigenvalue weighted by molar-refractivity contribution is 0.0595. The van der Waals surface area contributed by atoms with Gasteiger partial charge in [-0.1, -0.05) is 13.8 Å². The molecule has 0 spiro atoms. The van der Waals surface area contributed by atoms with Gasteiger partial charge in [-0.2, -0.15) is 0 Å². The average molecular weight is 427 g/mol. The highest BCUT2D eigenvalue weighted by molar-refractivity contribution is 5.96. The van der Waals surface area contributed by atoms with E-state index in [2.05, 4.69) is 13.8 Å². The van der Waals surface area contributed by atoms with Gasteiger partial charge in [0, 0.05) is 44.0 Å². The Kier molecular flexibility index (Phi) is 6.95. The molecule has 2 aromatic rings. The van der Waals surface area contributed by atoms with Crippen molar-refractivity contribution in [3.63, 3.8) is 0 Å². The number of fused-ring (bicyclic) bond motifs is 3. The molecule has 0 bridgehead atoms. The van der Waals surface area contributed by atoms with Crippen molar-refractivity contribution in [3.05, 3.63) is 51.3 Å². The maximum atomic E-state index is 12.6. The molecule has 0 aliphatic carbocycles. The molecule has 0 saturated carbocycles. The molecule has 1 atom stereocenters. The molecule has 0 unspecified atom stereocenters. The smallest absolute Gasteiger partial charge is 0.341 e. The normalized spacial score (nSPS) is 14.7. The van der Waals surface area contributed by atoms with Crippen LogP contribution in [0.5, 0.6) is 5.75 Å². The van der Waals surface area contributed by atoms with Crippen molar-refractivity contribution < 1.29 is 23.8 Å². The van der Waals surface area contributed by atoms with E-state index in [0.717, 1.165) is 11.1 Å². The average Bonchev–Trinajstić information content (AvgIpc) is 2.74. The number of carbonyl (C=O) groups excluding carboxylic acids is 2. The summed E-state index contributed by atoms with van der Waals surface area (Å²) in [5, 5.41) is 0. The summed E-state index contributed by atoms with van der Waals surface area (Å²) in [4.78, 5) is 37.0. The van der Waals surface area contributed by atoms with E-state index in [4.69, 9.17) is 14.2 Å². The number of ether oxygens (including phenoxy) is 3. The van der Waals surface area contributed by atoms with Crippen molar-refractivity contribution in [2.24, 2.45) is 5.92 Å².